The standard InChI is InChI=1S/C23H25FN4O5/c1-25-13-16(21(30)26-8-10-33-11-9-26)18-17(22(25)31)20(29)19-23(32)27(6-7-28(18)19)12-14-2-4-15(24)5-3-14/h2-5,16,29H,6-13H2,1H3. The van der Waals surface area contributed by atoms with E-state index in [-0.39, 0.29) is 41.8 Å². The molecule has 1 aromatic carbocycles. The average Bonchev–Trinajstić information content (AvgIpc) is 3.13. The lowest BCUT2D eigenvalue weighted by Gasteiger charge is -2.36. The van der Waals surface area contributed by atoms with Gasteiger partial charge in [0.1, 0.15) is 11.4 Å². The van der Waals surface area contributed by atoms with Crippen LogP contribution in [0.4, 0.5) is 4.39 Å². The van der Waals surface area contributed by atoms with Gasteiger partial charge in [-0.15, -0.1) is 0 Å². The van der Waals surface area contributed by atoms with E-state index in [4.69, 9.17) is 4.74 Å². The molecule has 9 nitrogen and oxygen atoms in total. The quantitative estimate of drug-likeness (QED) is 0.744. The molecule has 0 spiro atoms. The highest BCUT2D eigenvalue weighted by atomic mass is 19.1. The number of carbonyl (C=O) groups is 3. The summed E-state index contributed by atoms with van der Waals surface area (Å²) >= 11 is 0. The van der Waals surface area contributed by atoms with E-state index >= 15 is 0 Å². The van der Waals surface area contributed by atoms with Gasteiger partial charge in [-0.2, -0.15) is 0 Å². The third-order valence-corrected chi connectivity index (χ3v) is 6.62. The molecule has 0 bridgehead atoms. The zero-order chi connectivity index (χ0) is 23.3. The molecular weight excluding hydrogens is 431 g/mol. The monoisotopic (exact) mass is 456 g/mol. The van der Waals surface area contributed by atoms with Crippen LogP contribution in [0.15, 0.2) is 24.3 Å². The number of carbonyl (C=O) groups excluding carboxylic acids is 3. The first-order valence-corrected chi connectivity index (χ1v) is 11.0. The molecule has 174 valence electrons. The number of amides is 3. The molecule has 3 aliphatic heterocycles. The summed E-state index contributed by atoms with van der Waals surface area (Å²) in [6, 6.07) is 5.88. The fourth-order valence-corrected chi connectivity index (χ4v) is 4.91. The van der Waals surface area contributed by atoms with Gasteiger partial charge in [-0.1, -0.05) is 12.1 Å². The van der Waals surface area contributed by atoms with Crippen LogP contribution >= 0.6 is 0 Å². The predicted molar refractivity (Wildman–Crippen MR) is 114 cm³/mol. The summed E-state index contributed by atoms with van der Waals surface area (Å²) in [4.78, 5) is 44.4. The van der Waals surface area contributed by atoms with Crippen molar-refractivity contribution in [2.45, 2.75) is 19.0 Å². The molecule has 3 amide bonds. The average molecular weight is 456 g/mol. The van der Waals surface area contributed by atoms with Crippen LogP contribution in [-0.2, 0) is 22.6 Å². The fraction of sp³-hybridized carbons (Fsp3) is 0.435. The third-order valence-electron chi connectivity index (χ3n) is 6.62. The Morgan fingerprint density at radius 1 is 1.09 bits per heavy atom. The Balaban J connectivity index is 1.51. The van der Waals surface area contributed by atoms with Gasteiger partial charge in [0.05, 0.1) is 19.1 Å². The van der Waals surface area contributed by atoms with Gasteiger partial charge in [0, 0.05) is 52.0 Å². The van der Waals surface area contributed by atoms with Crippen molar-refractivity contribution in [2.24, 2.45) is 0 Å². The van der Waals surface area contributed by atoms with Gasteiger partial charge in [-0.05, 0) is 17.7 Å². The van der Waals surface area contributed by atoms with Crippen LogP contribution in [0.3, 0.4) is 0 Å². The van der Waals surface area contributed by atoms with Gasteiger partial charge in [0.15, 0.2) is 11.4 Å². The fourth-order valence-electron chi connectivity index (χ4n) is 4.91. The van der Waals surface area contributed by atoms with E-state index in [0.717, 1.165) is 5.56 Å². The molecule has 2 aromatic rings. The summed E-state index contributed by atoms with van der Waals surface area (Å²) < 4.78 is 20.2. The number of likely N-dealkylation sites (N-methyl/N-ethyl adjacent to an activating group) is 1. The molecular formula is C23H25FN4O5. The molecule has 0 saturated carbocycles. The van der Waals surface area contributed by atoms with E-state index in [1.54, 1.807) is 33.5 Å². The molecule has 5 rings (SSSR count). The van der Waals surface area contributed by atoms with Crippen LogP contribution in [0.1, 0.15) is 38.0 Å². The van der Waals surface area contributed by atoms with E-state index in [1.165, 1.54) is 17.0 Å². The highest BCUT2D eigenvalue weighted by Crippen LogP contribution is 2.41. The molecule has 1 N–H and O–H groups in total. The summed E-state index contributed by atoms with van der Waals surface area (Å²) in [5.41, 5.74) is 1.22. The van der Waals surface area contributed by atoms with Crippen molar-refractivity contribution in [1.82, 2.24) is 19.3 Å². The summed E-state index contributed by atoms with van der Waals surface area (Å²) in [5.74, 6) is -2.38. The van der Waals surface area contributed by atoms with E-state index in [0.29, 0.717) is 45.1 Å². The van der Waals surface area contributed by atoms with Crippen LogP contribution in [0, 0.1) is 5.82 Å². The van der Waals surface area contributed by atoms with Gasteiger partial charge in [0.25, 0.3) is 11.8 Å². The van der Waals surface area contributed by atoms with Crippen LogP contribution in [0.2, 0.25) is 0 Å². The summed E-state index contributed by atoms with van der Waals surface area (Å²) in [7, 11) is 1.59. The number of fused-ring (bicyclic) bond motifs is 3. The number of hydrogen-bond acceptors (Lipinski definition) is 5. The molecule has 33 heavy (non-hydrogen) atoms. The number of ether oxygens (including phenoxy) is 1. The minimum atomic E-state index is -0.670. The van der Waals surface area contributed by atoms with Crippen LogP contribution < -0.4 is 0 Å². The second kappa shape index (κ2) is 8.18. The van der Waals surface area contributed by atoms with Crippen molar-refractivity contribution in [3.05, 3.63) is 52.6 Å². The van der Waals surface area contributed by atoms with Crippen molar-refractivity contribution in [2.75, 3.05) is 46.4 Å². The van der Waals surface area contributed by atoms with Crippen molar-refractivity contribution in [3.8, 4) is 5.75 Å². The van der Waals surface area contributed by atoms with Crippen molar-refractivity contribution in [1.29, 1.82) is 0 Å². The number of halogens is 1. The molecule has 3 aliphatic rings. The molecule has 1 unspecified atom stereocenters. The molecule has 1 fully saturated rings. The largest absolute Gasteiger partial charge is 0.505 e. The Kier molecular flexibility index (Phi) is 5.32. The lowest BCUT2D eigenvalue weighted by Crippen LogP contribution is -2.49. The highest BCUT2D eigenvalue weighted by molar-refractivity contribution is 6.07. The maximum Gasteiger partial charge on any atom is 0.274 e. The molecule has 4 heterocycles. The minimum Gasteiger partial charge on any atom is -0.505 e. The van der Waals surface area contributed by atoms with E-state index in [1.807, 2.05) is 0 Å². The highest BCUT2D eigenvalue weighted by Gasteiger charge is 2.45. The number of benzene rings is 1. The lowest BCUT2D eigenvalue weighted by atomic mass is 9.94. The predicted octanol–water partition coefficient (Wildman–Crippen LogP) is 1.02. The molecule has 1 atom stereocenters. The van der Waals surface area contributed by atoms with Gasteiger partial charge < -0.3 is 29.1 Å². The molecule has 1 saturated heterocycles. The summed E-state index contributed by atoms with van der Waals surface area (Å²) in [6.07, 6.45) is 0. The maximum absolute atomic E-state index is 13.4. The zero-order valence-electron chi connectivity index (χ0n) is 18.3. The lowest BCUT2D eigenvalue weighted by molar-refractivity contribution is -0.137. The van der Waals surface area contributed by atoms with E-state index < -0.39 is 17.7 Å². The SMILES string of the molecule is CN1CC(C(=O)N2CCOCC2)c2c(c(O)c3n2CCN(Cc2ccc(F)cc2)C3=O)C1=O. The van der Waals surface area contributed by atoms with E-state index in [9.17, 15) is 23.9 Å². The van der Waals surface area contributed by atoms with Crippen LogP contribution in [0.5, 0.6) is 5.75 Å². The van der Waals surface area contributed by atoms with Gasteiger partial charge >= 0.3 is 0 Å². The number of nitrogens with zero attached hydrogens (tertiary/aromatic N) is 4. The normalized spacial score (nSPS) is 20.7. The Hall–Kier alpha value is -3.40. The Morgan fingerprint density at radius 2 is 1.79 bits per heavy atom. The smallest absolute Gasteiger partial charge is 0.274 e. The number of morpholine rings is 1. The van der Waals surface area contributed by atoms with Gasteiger partial charge in [0.2, 0.25) is 5.91 Å². The maximum atomic E-state index is 13.4. The Labute approximate surface area is 189 Å². The first-order chi connectivity index (χ1) is 15.9. The Morgan fingerprint density at radius 3 is 2.48 bits per heavy atom. The Bertz CT molecular complexity index is 1120. The summed E-state index contributed by atoms with van der Waals surface area (Å²) in [5, 5.41) is 11.0. The first-order valence-electron chi connectivity index (χ1n) is 11.0. The topological polar surface area (TPSA) is 95.3 Å². The number of aromatic hydroxyl groups is 1. The van der Waals surface area contributed by atoms with Crippen LogP contribution in [0.25, 0.3) is 0 Å². The first kappa shape index (κ1) is 21.4. The number of hydrogen-bond donors (Lipinski definition) is 1. The zero-order valence-corrected chi connectivity index (χ0v) is 18.3. The van der Waals surface area contributed by atoms with Crippen molar-refractivity contribution < 1.29 is 28.6 Å². The van der Waals surface area contributed by atoms with Crippen molar-refractivity contribution >= 4 is 17.7 Å². The molecule has 10 heteroatoms. The van der Waals surface area contributed by atoms with E-state index in [2.05, 4.69) is 0 Å². The summed E-state index contributed by atoms with van der Waals surface area (Å²) in [6.45, 7) is 2.94. The van der Waals surface area contributed by atoms with Gasteiger partial charge in [-0.3, -0.25) is 14.4 Å². The second-order valence-corrected chi connectivity index (χ2v) is 8.64. The second-order valence-electron chi connectivity index (χ2n) is 8.64. The van der Waals surface area contributed by atoms with Crippen molar-refractivity contribution in [3.63, 3.8) is 0 Å². The molecule has 0 aliphatic carbocycles. The number of aromatic nitrogens is 1. The third kappa shape index (κ3) is 3.54. The minimum absolute atomic E-state index is 0.0248. The molecule has 0 radical (unpaired) electrons. The number of rotatable bonds is 3. The molecule has 1 aromatic heterocycles. The van der Waals surface area contributed by atoms with Gasteiger partial charge in [-0.25, -0.2) is 4.39 Å². The van der Waals surface area contributed by atoms with Crippen LogP contribution in [-0.4, -0.2) is 88.5 Å².